The molecule has 0 heterocycles. The van der Waals surface area contributed by atoms with E-state index in [1.54, 1.807) is 12.1 Å². The lowest BCUT2D eigenvalue weighted by molar-refractivity contribution is 0.475. The quantitative estimate of drug-likeness (QED) is 0.870. The fourth-order valence-corrected chi connectivity index (χ4v) is 2.09. The zero-order valence-electron chi connectivity index (χ0n) is 10.9. The van der Waals surface area contributed by atoms with E-state index in [-0.39, 0.29) is 0 Å². The van der Waals surface area contributed by atoms with Gasteiger partial charge in [-0.3, -0.25) is 0 Å². The van der Waals surface area contributed by atoms with Crippen molar-refractivity contribution in [2.45, 2.75) is 20.3 Å². The molecular weight excluding hydrogens is 222 g/mol. The highest BCUT2D eigenvalue weighted by Gasteiger charge is 2.07. The third kappa shape index (κ3) is 2.65. The molecule has 0 amide bonds. The molecule has 2 nitrogen and oxygen atoms in total. The third-order valence-electron chi connectivity index (χ3n) is 3.11. The summed E-state index contributed by atoms with van der Waals surface area (Å²) in [4.78, 5) is 2.18. The molecule has 0 bridgehead atoms. The van der Waals surface area contributed by atoms with E-state index >= 15 is 0 Å². The third-order valence-corrected chi connectivity index (χ3v) is 3.11. The first kappa shape index (κ1) is 12.5. The van der Waals surface area contributed by atoms with Gasteiger partial charge >= 0.3 is 0 Å². The fourth-order valence-electron chi connectivity index (χ4n) is 2.09. The smallest absolute Gasteiger partial charge is 0.117 e. The summed E-state index contributed by atoms with van der Waals surface area (Å²) in [6, 6.07) is 15.9. The highest BCUT2D eigenvalue weighted by atomic mass is 16.3. The number of rotatable bonds is 4. The highest BCUT2D eigenvalue weighted by molar-refractivity contribution is 5.64. The Balaban J connectivity index is 2.32. The van der Waals surface area contributed by atoms with Crippen LogP contribution >= 0.6 is 0 Å². The van der Waals surface area contributed by atoms with E-state index < -0.39 is 0 Å². The maximum Gasteiger partial charge on any atom is 0.117 e. The van der Waals surface area contributed by atoms with E-state index in [1.807, 2.05) is 12.1 Å². The van der Waals surface area contributed by atoms with Gasteiger partial charge in [-0.15, -0.1) is 0 Å². The van der Waals surface area contributed by atoms with Crippen molar-refractivity contribution < 1.29 is 5.11 Å². The number of phenolic OH excluding ortho intramolecular Hbond substituents is 1. The molecule has 2 rings (SSSR count). The molecule has 2 aromatic rings. The van der Waals surface area contributed by atoms with E-state index in [0.29, 0.717) is 5.75 Å². The van der Waals surface area contributed by atoms with Gasteiger partial charge in [-0.05, 0) is 43.2 Å². The lowest BCUT2D eigenvalue weighted by Gasteiger charge is -2.23. The number of hydrogen-bond acceptors (Lipinski definition) is 2. The summed E-state index contributed by atoms with van der Waals surface area (Å²) in [5, 5.41) is 9.56. The summed E-state index contributed by atoms with van der Waals surface area (Å²) in [6.07, 6.45) is 1.05. The Morgan fingerprint density at radius 1 is 0.944 bits per heavy atom. The lowest BCUT2D eigenvalue weighted by atomic mass is 10.1. The summed E-state index contributed by atoms with van der Waals surface area (Å²) in [7, 11) is 0. The van der Waals surface area contributed by atoms with Crippen LogP contribution in [0.3, 0.4) is 0 Å². The van der Waals surface area contributed by atoms with Gasteiger partial charge in [0.1, 0.15) is 5.75 Å². The summed E-state index contributed by atoms with van der Waals surface area (Å²) in [5.74, 6) is 0.302. The Labute approximate surface area is 109 Å². The van der Waals surface area contributed by atoms with E-state index in [2.05, 4.69) is 43.0 Å². The number of phenols is 1. The maximum atomic E-state index is 9.56. The monoisotopic (exact) mass is 241 g/mol. The molecule has 0 atom stereocenters. The van der Waals surface area contributed by atoms with Crippen molar-refractivity contribution >= 4 is 11.4 Å². The first-order valence-corrected chi connectivity index (χ1v) is 6.40. The highest BCUT2D eigenvalue weighted by Crippen LogP contribution is 2.27. The van der Waals surface area contributed by atoms with Crippen molar-refractivity contribution in [3.05, 3.63) is 54.1 Å². The van der Waals surface area contributed by atoms with Crippen LogP contribution in [0.25, 0.3) is 0 Å². The molecule has 0 saturated heterocycles. The number of aryl methyl sites for hydroxylation is 1. The van der Waals surface area contributed by atoms with Crippen molar-refractivity contribution in [1.82, 2.24) is 0 Å². The molecule has 2 heteroatoms. The van der Waals surface area contributed by atoms with E-state index in [1.165, 1.54) is 5.56 Å². The SMILES string of the molecule is CCc1ccc(N(CC)c2cccc(O)c2)cc1. The first-order valence-electron chi connectivity index (χ1n) is 6.40. The van der Waals surface area contributed by atoms with Crippen molar-refractivity contribution in [2.75, 3.05) is 11.4 Å². The normalized spacial score (nSPS) is 10.3. The molecule has 0 aliphatic carbocycles. The Morgan fingerprint density at radius 2 is 1.67 bits per heavy atom. The molecular formula is C16H19NO. The van der Waals surface area contributed by atoms with Crippen LogP contribution < -0.4 is 4.90 Å². The molecule has 0 aliphatic rings. The van der Waals surface area contributed by atoms with E-state index in [0.717, 1.165) is 24.3 Å². The molecule has 18 heavy (non-hydrogen) atoms. The van der Waals surface area contributed by atoms with Crippen molar-refractivity contribution in [3.63, 3.8) is 0 Å². The van der Waals surface area contributed by atoms with Crippen LogP contribution in [0.1, 0.15) is 19.4 Å². The standard InChI is InChI=1S/C16H19NO/c1-3-13-8-10-14(11-9-13)17(4-2)15-6-5-7-16(18)12-15/h5-12,18H,3-4H2,1-2H3. The van der Waals surface area contributed by atoms with Crippen LogP contribution in [0.15, 0.2) is 48.5 Å². The van der Waals surface area contributed by atoms with Gasteiger partial charge in [0, 0.05) is 24.0 Å². The van der Waals surface area contributed by atoms with Gasteiger partial charge in [0.15, 0.2) is 0 Å². The molecule has 0 saturated carbocycles. The van der Waals surface area contributed by atoms with Gasteiger partial charge in [0.2, 0.25) is 0 Å². The Morgan fingerprint density at radius 3 is 2.22 bits per heavy atom. The lowest BCUT2D eigenvalue weighted by Crippen LogP contribution is -2.15. The maximum absolute atomic E-state index is 9.56. The molecule has 0 spiro atoms. The van der Waals surface area contributed by atoms with E-state index in [9.17, 15) is 5.11 Å². The number of benzene rings is 2. The second-order valence-corrected chi connectivity index (χ2v) is 4.28. The average Bonchev–Trinajstić information content (AvgIpc) is 2.40. The van der Waals surface area contributed by atoms with Crippen LogP contribution in [0.4, 0.5) is 11.4 Å². The van der Waals surface area contributed by atoms with Crippen LogP contribution in [0.5, 0.6) is 5.75 Å². The van der Waals surface area contributed by atoms with E-state index in [4.69, 9.17) is 0 Å². The Bertz CT molecular complexity index is 505. The summed E-state index contributed by atoms with van der Waals surface area (Å²) < 4.78 is 0. The molecule has 1 N–H and O–H groups in total. The van der Waals surface area contributed by atoms with Crippen molar-refractivity contribution in [2.24, 2.45) is 0 Å². The number of nitrogens with zero attached hydrogens (tertiary/aromatic N) is 1. The average molecular weight is 241 g/mol. The van der Waals surface area contributed by atoms with Crippen molar-refractivity contribution in [1.29, 1.82) is 0 Å². The van der Waals surface area contributed by atoms with Crippen LogP contribution in [-0.2, 0) is 6.42 Å². The summed E-state index contributed by atoms with van der Waals surface area (Å²) in [5.41, 5.74) is 3.51. The Kier molecular flexibility index (Phi) is 3.88. The second kappa shape index (κ2) is 5.58. The molecule has 0 aliphatic heterocycles. The van der Waals surface area contributed by atoms with Gasteiger partial charge in [0.25, 0.3) is 0 Å². The molecule has 94 valence electrons. The fraction of sp³-hybridized carbons (Fsp3) is 0.250. The van der Waals surface area contributed by atoms with Crippen LogP contribution in [0.2, 0.25) is 0 Å². The molecule has 0 unspecified atom stereocenters. The second-order valence-electron chi connectivity index (χ2n) is 4.28. The largest absolute Gasteiger partial charge is 0.508 e. The molecule has 0 fully saturated rings. The van der Waals surface area contributed by atoms with Gasteiger partial charge in [-0.2, -0.15) is 0 Å². The number of anilines is 2. The van der Waals surface area contributed by atoms with Gasteiger partial charge in [0.05, 0.1) is 0 Å². The van der Waals surface area contributed by atoms with Gasteiger partial charge in [-0.1, -0.05) is 25.1 Å². The Hall–Kier alpha value is -1.96. The van der Waals surface area contributed by atoms with Crippen LogP contribution in [0, 0.1) is 0 Å². The molecule has 0 radical (unpaired) electrons. The first-order chi connectivity index (χ1) is 8.74. The number of hydrogen-bond donors (Lipinski definition) is 1. The minimum Gasteiger partial charge on any atom is -0.508 e. The zero-order chi connectivity index (χ0) is 13.0. The zero-order valence-corrected chi connectivity index (χ0v) is 10.9. The van der Waals surface area contributed by atoms with Gasteiger partial charge < -0.3 is 10.0 Å². The van der Waals surface area contributed by atoms with Gasteiger partial charge in [-0.25, -0.2) is 0 Å². The predicted molar refractivity (Wildman–Crippen MR) is 76.6 cm³/mol. The predicted octanol–water partition coefficient (Wildman–Crippen LogP) is 4.11. The molecule has 2 aromatic carbocycles. The minimum atomic E-state index is 0.302. The number of aromatic hydroxyl groups is 1. The minimum absolute atomic E-state index is 0.302. The molecule has 0 aromatic heterocycles. The van der Waals surface area contributed by atoms with Crippen molar-refractivity contribution in [3.8, 4) is 5.75 Å². The summed E-state index contributed by atoms with van der Waals surface area (Å²) >= 11 is 0. The summed E-state index contributed by atoms with van der Waals surface area (Å²) in [6.45, 7) is 5.13. The topological polar surface area (TPSA) is 23.5 Å². The van der Waals surface area contributed by atoms with Crippen LogP contribution in [-0.4, -0.2) is 11.7 Å².